The van der Waals surface area contributed by atoms with Crippen LogP contribution in [0.3, 0.4) is 0 Å². The van der Waals surface area contributed by atoms with E-state index in [1.54, 1.807) is 16.4 Å². The highest BCUT2D eigenvalue weighted by atomic mass is 31.1. The summed E-state index contributed by atoms with van der Waals surface area (Å²) in [4.78, 5) is 0. The molecule has 0 aromatic heterocycles. The van der Waals surface area contributed by atoms with Crippen molar-refractivity contribution in [2.45, 2.75) is 77.5 Å². The molecule has 0 bridgehead atoms. The minimum Gasteiger partial charge on any atom is -0.0617 e. The van der Waals surface area contributed by atoms with E-state index in [1.165, 1.54) is 21.9 Å². The lowest BCUT2D eigenvalue weighted by Crippen LogP contribution is -2.38. The molecule has 0 saturated carbocycles. The number of benzene rings is 3. The zero-order valence-corrected chi connectivity index (χ0v) is 20.2. The number of hydrogen-bond acceptors (Lipinski definition) is 0. The van der Waals surface area contributed by atoms with Crippen molar-refractivity contribution in [3.05, 3.63) is 76.9 Å². The van der Waals surface area contributed by atoms with Crippen LogP contribution in [0.15, 0.2) is 54.6 Å². The molecule has 0 N–H and O–H groups in total. The standard InChI is InChI=1S/C28H35P/c1-18(2)21-14-11-15-22(19(3)4)26(21)29-27(5,6)23-16-9-12-20-13-10-17-24(25(20)23)28(29,7)8/h9-19H,1-8H3. The Morgan fingerprint density at radius 1 is 0.621 bits per heavy atom. The summed E-state index contributed by atoms with van der Waals surface area (Å²) in [7, 11) is -0.472. The van der Waals surface area contributed by atoms with Crippen LogP contribution < -0.4 is 5.30 Å². The van der Waals surface area contributed by atoms with Gasteiger partial charge in [0, 0.05) is 10.3 Å². The molecule has 3 aromatic rings. The zero-order chi connectivity index (χ0) is 21.1. The molecular formula is C28H35P. The Morgan fingerprint density at radius 3 is 1.45 bits per heavy atom. The molecule has 3 aromatic carbocycles. The van der Waals surface area contributed by atoms with Gasteiger partial charge in [-0.25, -0.2) is 0 Å². The van der Waals surface area contributed by atoms with Gasteiger partial charge in [0.15, 0.2) is 0 Å². The second-order valence-electron chi connectivity index (χ2n) is 10.3. The van der Waals surface area contributed by atoms with Crippen LogP contribution >= 0.6 is 7.92 Å². The van der Waals surface area contributed by atoms with Crippen molar-refractivity contribution in [1.82, 2.24) is 0 Å². The Kier molecular flexibility index (Phi) is 4.94. The van der Waals surface area contributed by atoms with Gasteiger partial charge in [0.25, 0.3) is 0 Å². The van der Waals surface area contributed by atoms with Crippen LogP contribution in [0.25, 0.3) is 10.8 Å². The van der Waals surface area contributed by atoms with Crippen molar-refractivity contribution in [2.75, 3.05) is 0 Å². The lowest BCUT2D eigenvalue weighted by atomic mass is 9.86. The van der Waals surface area contributed by atoms with Gasteiger partial charge in [-0.1, -0.05) is 118 Å². The van der Waals surface area contributed by atoms with E-state index in [4.69, 9.17) is 0 Å². The van der Waals surface area contributed by atoms with Crippen LogP contribution in [0, 0.1) is 0 Å². The van der Waals surface area contributed by atoms with E-state index >= 15 is 0 Å². The molecule has 0 saturated heterocycles. The molecule has 1 heterocycles. The summed E-state index contributed by atoms with van der Waals surface area (Å²) < 4.78 is 0. The fourth-order valence-electron chi connectivity index (χ4n) is 5.63. The van der Waals surface area contributed by atoms with Crippen LogP contribution in [0.5, 0.6) is 0 Å². The van der Waals surface area contributed by atoms with E-state index in [0.717, 1.165) is 0 Å². The Morgan fingerprint density at radius 2 is 1.03 bits per heavy atom. The highest BCUT2D eigenvalue weighted by molar-refractivity contribution is 7.68. The van der Waals surface area contributed by atoms with Crippen LogP contribution in [0.2, 0.25) is 0 Å². The summed E-state index contributed by atoms with van der Waals surface area (Å²) in [6, 6.07) is 20.9. The first-order valence-electron chi connectivity index (χ1n) is 11.0. The second-order valence-corrected chi connectivity index (χ2v) is 13.6. The zero-order valence-electron chi connectivity index (χ0n) is 19.3. The van der Waals surface area contributed by atoms with Gasteiger partial charge < -0.3 is 0 Å². The van der Waals surface area contributed by atoms with Crippen molar-refractivity contribution in [3.8, 4) is 0 Å². The Balaban J connectivity index is 2.12. The highest BCUT2D eigenvalue weighted by Gasteiger charge is 2.49. The minimum atomic E-state index is -0.472. The summed E-state index contributed by atoms with van der Waals surface area (Å²) in [6.45, 7) is 19.5. The van der Waals surface area contributed by atoms with Gasteiger partial charge in [0.05, 0.1) is 0 Å². The number of hydrogen-bond donors (Lipinski definition) is 0. The molecule has 152 valence electrons. The van der Waals surface area contributed by atoms with Gasteiger partial charge in [0.2, 0.25) is 0 Å². The van der Waals surface area contributed by atoms with Gasteiger partial charge in [-0.05, 0) is 50.2 Å². The van der Waals surface area contributed by atoms with Crippen LogP contribution in [-0.4, -0.2) is 0 Å². The molecule has 0 spiro atoms. The van der Waals surface area contributed by atoms with E-state index in [9.17, 15) is 0 Å². The first-order valence-corrected chi connectivity index (χ1v) is 12.4. The third kappa shape index (κ3) is 2.98. The maximum atomic E-state index is 2.51. The Bertz CT molecular complexity index is 992. The van der Waals surface area contributed by atoms with Crippen LogP contribution in [-0.2, 0) is 10.3 Å². The molecule has 0 nitrogen and oxygen atoms in total. The quantitative estimate of drug-likeness (QED) is 0.386. The van der Waals surface area contributed by atoms with Crippen molar-refractivity contribution in [1.29, 1.82) is 0 Å². The minimum absolute atomic E-state index is 0.112. The molecule has 0 atom stereocenters. The lowest BCUT2D eigenvalue weighted by molar-refractivity contribution is 0.677. The van der Waals surface area contributed by atoms with Crippen LogP contribution in [0.4, 0.5) is 0 Å². The monoisotopic (exact) mass is 402 g/mol. The van der Waals surface area contributed by atoms with Crippen molar-refractivity contribution < 1.29 is 0 Å². The molecule has 0 amide bonds. The Hall–Kier alpha value is -1.65. The normalized spacial score (nSPS) is 18.0. The molecule has 4 rings (SSSR count). The van der Waals surface area contributed by atoms with Crippen molar-refractivity contribution in [2.24, 2.45) is 0 Å². The second kappa shape index (κ2) is 6.95. The van der Waals surface area contributed by atoms with E-state index < -0.39 is 7.92 Å². The van der Waals surface area contributed by atoms with Gasteiger partial charge in [0.1, 0.15) is 0 Å². The molecular weight excluding hydrogens is 367 g/mol. The Labute approximate surface area is 178 Å². The summed E-state index contributed by atoms with van der Waals surface area (Å²) >= 11 is 0. The molecule has 1 aliphatic heterocycles. The van der Waals surface area contributed by atoms with Gasteiger partial charge in [-0.2, -0.15) is 0 Å². The summed E-state index contributed by atoms with van der Waals surface area (Å²) in [6.07, 6.45) is 0. The summed E-state index contributed by atoms with van der Waals surface area (Å²) in [5.41, 5.74) is 6.17. The SMILES string of the molecule is CC(C)c1cccc(C(C)C)c1P1C(C)(C)c2cccc3cccc(c23)C1(C)C. The van der Waals surface area contributed by atoms with E-state index in [1.807, 2.05) is 0 Å². The summed E-state index contributed by atoms with van der Waals surface area (Å²) in [5, 5.41) is 4.77. The average molecular weight is 403 g/mol. The smallest absolute Gasteiger partial charge is 0.0153 e. The summed E-state index contributed by atoms with van der Waals surface area (Å²) in [5.74, 6) is 1.07. The van der Waals surface area contributed by atoms with E-state index in [0.29, 0.717) is 11.8 Å². The first-order chi connectivity index (χ1) is 13.6. The third-order valence-corrected chi connectivity index (χ3v) is 10.6. The molecule has 0 radical (unpaired) electrons. The fourth-order valence-corrected chi connectivity index (χ4v) is 10.2. The van der Waals surface area contributed by atoms with Crippen molar-refractivity contribution >= 4 is 24.0 Å². The maximum absolute atomic E-state index is 2.51. The molecule has 29 heavy (non-hydrogen) atoms. The highest BCUT2D eigenvalue weighted by Crippen LogP contribution is 2.72. The number of rotatable bonds is 3. The fraction of sp³-hybridized carbons (Fsp3) is 0.429. The third-order valence-electron chi connectivity index (χ3n) is 6.91. The molecule has 0 unspecified atom stereocenters. The average Bonchev–Trinajstić information content (AvgIpc) is 2.65. The predicted octanol–water partition coefficient (Wildman–Crippen LogP) is 8.38. The van der Waals surface area contributed by atoms with E-state index in [2.05, 4.69) is 110 Å². The van der Waals surface area contributed by atoms with Gasteiger partial charge in [-0.15, -0.1) is 0 Å². The molecule has 1 heteroatoms. The van der Waals surface area contributed by atoms with Crippen molar-refractivity contribution in [3.63, 3.8) is 0 Å². The topological polar surface area (TPSA) is 0 Å². The maximum Gasteiger partial charge on any atom is 0.0153 e. The molecule has 0 aliphatic carbocycles. The van der Waals surface area contributed by atoms with Gasteiger partial charge in [-0.3, -0.25) is 0 Å². The molecule has 0 fully saturated rings. The first kappa shape index (κ1) is 20.6. The lowest BCUT2D eigenvalue weighted by Gasteiger charge is -2.52. The largest absolute Gasteiger partial charge is 0.0617 e. The van der Waals surface area contributed by atoms with Crippen LogP contribution in [0.1, 0.15) is 89.5 Å². The van der Waals surface area contributed by atoms with Gasteiger partial charge >= 0.3 is 0 Å². The predicted molar refractivity (Wildman–Crippen MR) is 131 cm³/mol. The van der Waals surface area contributed by atoms with E-state index in [-0.39, 0.29) is 10.3 Å². The molecule has 1 aliphatic rings.